The molecule has 0 aliphatic heterocycles. The number of nitrogens with one attached hydrogen (secondary N) is 1. The van der Waals surface area contributed by atoms with Crippen molar-refractivity contribution in [3.63, 3.8) is 0 Å². The quantitative estimate of drug-likeness (QED) is 0.722. The molecule has 1 saturated carbocycles. The molecule has 20 heavy (non-hydrogen) atoms. The number of ether oxygens (including phenoxy) is 1. The molecule has 0 unspecified atom stereocenters. The zero-order chi connectivity index (χ0) is 14.0. The Balaban J connectivity index is 1.55. The lowest BCUT2D eigenvalue weighted by atomic mass is 9.98. The molecule has 0 amide bonds. The van der Waals surface area contributed by atoms with Gasteiger partial charge in [0.1, 0.15) is 0 Å². The Morgan fingerprint density at radius 3 is 2.60 bits per heavy atom. The van der Waals surface area contributed by atoms with Gasteiger partial charge in [-0.1, -0.05) is 50.5 Å². The zero-order valence-electron chi connectivity index (χ0n) is 12.9. The monoisotopic (exact) mass is 275 g/mol. The average molecular weight is 275 g/mol. The summed E-state index contributed by atoms with van der Waals surface area (Å²) in [6.07, 6.45) is 9.44. The molecule has 0 bridgehead atoms. The summed E-state index contributed by atoms with van der Waals surface area (Å²) in [6.45, 7) is 5.15. The van der Waals surface area contributed by atoms with Gasteiger partial charge in [0.2, 0.25) is 0 Å². The fraction of sp³-hybridized carbons (Fsp3) is 0.667. The second-order valence-corrected chi connectivity index (χ2v) is 5.78. The minimum Gasteiger partial charge on any atom is -0.378 e. The van der Waals surface area contributed by atoms with Crippen molar-refractivity contribution in [3.8, 4) is 0 Å². The van der Waals surface area contributed by atoms with E-state index in [9.17, 15) is 0 Å². The molecule has 0 radical (unpaired) electrons. The lowest BCUT2D eigenvalue weighted by Gasteiger charge is -2.22. The molecule has 1 aliphatic carbocycles. The maximum absolute atomic E-state index is 5.94. The Kier molecular flexibility index (Phi) is 7.10. The van der Waals surface area contributed by atoms with Crippen LogP contribution in [0.5, 0.6) is 0 Å². The van der Waals surface area contributed by atoms with E-state index in [1.807, 2.05) is 0 Å². The highest BCUT2D eigenvalue weighted by molar-refractivity contribution is 5.26. The Labute approximate surface area is 123 Å². The smallest absolute Gasteiger partial charge is 0.0575 e. The van der Waals surface area contributed by atoms with Crippen molar-refractivity contribution < 1.29 is 4.74 Å². The van der Waals surface area contributed by atoms with E-state index in [-0.39, 0.29) is 0 Å². The third kappa shape index (κ3) is 5.26. The molecule has 112 valence electrons. The standard InChI is InChI=1S/C18H29NO/c1-2-16-9-6-7-10-17(16)15-19-13-8-14-20-18-11-4-3-5-12-18/h6-7,9-10,18-19H,2-5,8,11-15H2,1H3. The molecular formula is C18H29NO. The molecule has 0 heterocycles. The third-order valence-corrected chi connectivity index (χ3v) is 4.22. The fourth-order valence-corrected chi connectivity index (χ4v) is 2.98. The molecule has 2 heteroatoms. The first kappa shape index (κ1) is 15.5. The van der Waals surface area contributed by atoms with E-state index in [1.54, 1.807) is 0 Å². The number of aryl methyl sites for hydroxylation is 1. The Hall–Kier alpha value is -0.860. The highest BCUT2D eigenvalue weighted by Crippen LogP contribution is 2.20. The molecule has 1 aliphatic rings. The Morgan fingerprint density at radius 1 is 1.10 bits per heavy atom. The van der Waals surface area contributed by atoms with Gasteiger partial charge in [0.25, 0.3) is 0 Å². The van der Waals surface area contributed by atoms with Crippen LogP contribution < -0.4 is 5.32 Å². The molecular weight excluding hydrogens is 246 g/mol. The van der Waals surface area contributed by atoms with Gasteiger partial charge in [0.15, 0.2) is 0 Å². The highest BCUT2D eigenvalue weighted by Gasteiger charge is 2.12. The first-order valence-corrected chi connectivity index (χ1v) is 8.29. The van der Waals surface area contributed by atoms with E-state index in [2.05, 4.69) is 36.5 Å². The van der Waals surface area contributed by atoms with Crippen LogP contribution in [0.2, 0.25) is 0 Å². The van der Waals surface area contributed by atoms with Gasteiger partial charge in [0.05, 0.1) is 6.10 Å². The number of rotatable bonds is 8. The largest absolute Gasteiger partial charge is 0.378 e. The van der Waals surface area contributed by atoms with E-state index in [1.165, 1.54) is 43.2 Å². The van der Waals surface area contributed by atoms with Crippen molar-refractivity contribution in [2.45, 2.75) is 64.5 Å². The van der Waals surface area contributed by atoms with Crippen LogP contribution in [0, 0.1) is 0 Å². The van der Waals surface area contributed by atoms with Gasteiger partial charge in [-0.25, -0.2) is 0 Å². The molecule has 1 fully saturated rings. The third-order valence-electron chi connectivity index (χ3n) is 4.22. The summed E-state index contributed by atoms with van der Waals surface area (Å²) in [7, 11) is 0. The highest BCUT2D eigenvalue weighted by atomic mass is 16.5. The second-order valence-electron chi connectivity index (χ2n) is 5.78. The van der Waals surface area contributed by atoms with Gasteiger partial charge in [0, 0.05) is 13.2 Å². The number of hydrogen-bond donors (Lipinski definition) is 1. The van der Waals surface area contributed by atoms with Crippen LogP contribution in [0.1, 0.15) is 56.6 Å². The second kappa shape index (κ2) is 9.15. The number of hydrogen-bond acceptors (Lipinski definition) is 2. The van der Waals surface area contributed by atoms with Crippen LogP contribution in [0.4, 0.5) is 0 Å². The molecule has 0 aromatic heterocycles. The molecule has 0 atom stereocenters. The normalized spacial score (nSPS) is 16.4. The van der Waals surface area contributed by atoms with E-state index in [0.29, 0.717) is 6.10 Å². The minimum atomic E-state index is 0.546. The Morgan fingerprint density at radius 2 is 1.85 bits per heavy atom. The van der Waals surface area contributed by atoms with Gasteiger partial charge in [-0.15, -0.1) is 0 Å². The van der Waals surface area contributed by atoms with Crippen molar-refractivity contribution in [1.29, 1.82) is 0 Å². The van der Waals surface area contributed by atoms with E-state index < -0.39 is 0 Å². The van der Waals surface area contributed by atoms with Gasteiger partial charge < -0.3 is 10.1 Å². The van der Waals surface area contributed by atoms with Crippen molar-refractivity contribution in [3.05, 3.63) is 35.4 Å². The number of benzene rings is 1. The summed E-state index contributed by atoms with van der Waals surface area (Å²) >= 11 is 0. The van der Waals surface area contributed by atoms with Gasteiger partial charge >= 0.3 is 0 Å². The van der Waals surface area contributed by atoms with Crippen molar-refractivity contribution in [2.24, 2.45) is 0 Å². The minimum absolute atomic E-state index is 0.546. The predicted molar refractivity (Wildman–Crippen MR) is 85.0 cm³/mol. The molecule has 0 saturated heterocycles. The van der Waals surface area contributed by atoms with Crippen LogP contribution in [-0.2, 0) is 17.7 Å². The van der Waals surface area contributed by atoms with Crippen molar-refractivity contribution in [2.75, 3.05) is 13.2 Å². The van der Waals surface area contributed by atoms with E-state index in [4.69, 9.17) is 4.74 Å². The summed E-state index contributed by atoms with van der Waals surface area (Å²) < 4.78 is 5.94. The molecule has 2 rings (SSSR count). The Bertz CT molecular complexity index is 371. The van der Waals surface area contributed by atoms with Crippen molar-refractivity contribution >= 4 is 0 Å². The summed E-state index contributed by atoms with van der Waals surface area (Å²) in [6, 6.07) is 8.70. The summed E-state index contributed by atoms with van der Waals surface area (Å²) in [5.41, 5.74) is 2.89. The maximum Gasteiger partial charge on any atom is 0.0575 e. The first-order valence-electron chi connectivity index (χ1n) is 8.29. The maximum atomic E-state index is 5.94. The zero-order valence-corrected chi connectivity index (χ0v) is 12.9. The van der Waals surface area contributed by atoms with E-state index >= 15 is 0 Å². The lowest BCUT2D eigenvalue weighted by molar-refractivity contribution is 0.0273. The van der Waals surface area contributed by atoms with Gasteiger partial charge in [-0.3, -0.25) is 0 Å². The summed E-state index contributed by atoms with van der Waals surface area (Å²) in [5.74, 6) is 0. The van der Waals surface area contributed by atoms with Crippen LogP contribution in [0.15, 0.2) is 24.3 Å². The molecule has 0 spiro atoms. The lowest BCUT2D eigenvalue weighted by Crippen LogP contribution is -2.21. The average Bonchev–Trinajstić information content (AvgIpc) is 2.52. The van der Waals surface area contributed by atoms with Gasteiger partial charge in [-0.2, -0.15) is 0 Å². The fourth-order valence-electron chi connectivity index (χ4n) is 2.98. The van der Waals surface area contributed by atoms with Gasteiger partial charge in [-0.05, 0) is 43.4 Å². The van der Waals surface area contributed by atoms with Crippen molar-refractivity contribution in [1.82, 2.24) is 5.32 Å². The predicted octanol–water partition coefficient (Wildman–Crippen LogP) is 4.08. The molecule has 1 aromatic rings. The van der Waals surface area contributed by atoms with Crippen LogP contribution in [0.3, 0.4) is 0 Å². The van der Waals surface area contributed by atoms with Crippen LogP contribution >= 0.6 is 0 Å². The molecule has 1 aromatic carbocycles. The first-order chi connectivity index (χ1) is 9.90. The van der Waals surface area contributed by atoms with E-state index in [0.717, 1.165) is 32.5 Å². The SMILES string of the molecule is CCc1ccccc1CNCCCOC1CCCCC1. The van der Waals surface area contributed by atoms with Crippen LogP contribution in [-0.4, -0.2) is 19.3 Å². The molecule has 2 nitrogen and oxygen atoms in total. The summed E-state index contributed by atoms with van der Waals surface area (Å²) in [4.78, 5) is 0. The summed E-state index contributed by atoms with van der Waals surface area (Å²) in [5, 5.41) is 3.53. The van der Waals surface area contributed by atoms with Crippen LogP contribution in [0.25, 0.3) is 0 Å². The topological polar surface area (TPSA) is 21.3 Å². The molecule has 1 N–H and O–H groups in total.